The molecule has 0 saturated carbocycles. The minimum atomic E-state index is -0.407. The molecular formula is C14H15BrN2O3. The lowest BCUT2D eigenvalue weighted by atomic mass is 10.0. The molecular weight excluding hydrogens is 324 g/mol. The van der Waals surface area contributed by atoms with Crippen molar-refractivity contribution in [3.05, 3.63) is 28.7 Å². The van der Waals surface area contributed by atoms with Gasteiger partial charge in [-0.25, -0.2) is 0 Å². The predicted molar refractivity (Wildman–Crippen MR) is 77.2 cm³/mol. The Labute approximate surface area is 125 Å². The zero-order valence-corrected chi connectivity index (χ0v) is 12.4. The van der Waals surface area contributed by atoms with Crippen LogP contribution >= 0.6 is 15.9 Å². The maximum absolute atomic E-state index is 12.2. The van der Waals surface area contributed by atoms with Crippen LogP contribution in [0.3, 0.4) is 0 Å². The molecule has 1 unspecified atom stereocenters. The molecule has 0 aliphatic carbocycles. The molecule has 2 amide bonds. The number of likely N-dealkylation sites (tertiary alicyclic amines) is 1. The number of hydrogen-bond acceptors (Lipinski definition) is 3. The molecule has 1 N–H and O–H groups in total. The third-order valence-electron chi connectivity index (χ3n) is 3.79. The largest absolute Gasteiger partial charge is 0.389 e. The van der Waals surface area contributed by atoms with E-state index < -0.39 is 6.10 Å². The molecule has 3 rings (SSSR count). The second-order valence-electron chi connectivity index (χ2n) is 5.25. The molecule has 1 aromatic carbocycles. The number of β-amino-alcohol motifs (C(OH)–C–C–N with tert-alkyl or cyclic N) is 1. The first-order valence-electron chi connectivity index (χ1n) is 6.58. The van der Waals surface area contributed by atoms with Crippen molar-refractivity contribution in [2.45, 2.75) is 12.5 Å². The van der Waals surface area contributed by atoms with Crippen molar-refractivity contribution in [3.63, 3.8) is 0 Å². The Morgan fingerprint density at radius 2 is 1.95 bits per heavy atom. The van der Waals surface area contributed by atoms with Crippen molar-refractivity contribution in [1.82, 2.24) is 4.90 Å². The standard InChI is InChI=1S/C14H15BrN2O3/c15-11-3-1-2-4-12(11)17-6-9(5-13(17)19)14(20)16-7-10(18)8-16/h1-4,9-10,18H,5-8H2. The van der Waals surface area contributed by atoms with Gasteiger partial charge in [0.2, 0.25) is 11.8 Å². The van der Waals surface area contributed by atoms with Crippen molar-refractivity contribution in [2.75, 3.05) is 24.5 Å². The van der Waals surface area contributed by atoms with E-state index in [9.17, 15) is 14.7 Å². The monoisotopic (exact) mass is 338 g/mol. The maximum Gasteiger partial charge on any atom is 0.228 e. The summed E-state index contributed by atoms with van der Waals surface area (Å²) < 4.78 is 0.848. The van der Waals surface area contributed by atoms with E-state index in [1.54, 1.807) is 9.80 Å². The summed E-state index contributed by atoms with van der Waals surface area (Å²) in [5.41, 5.74) is 0.802. The summed E-state index contributed by atoms with van der Waals surface area (Å²) in [6.07, 6.45) is -0.164. The molecule has 2 heterocycles. The Bertz CT molecular complexity index is 557. The fourth-order valence-corrected chi connectivity index (χ4v) is 3.17. The summed E-state index contributed by atoms with van der Waals surface area (Å²) >= 11 is 3.43. The molecule has 2 saturated heterocycles. The summed E-state index contributed by atoms with van der Waals surface area (Å²) in [7, 11) is 0. The zero-order chi connectivity index (χ0) is 14.3. The van der Waals surface area contributed by atoms with Crippen molar-refractivity contribution in [3.8, 4) is 0 Å². The number of halogens is 1. The van der Waals surface area contributed by atoms with Crippen LogP contribution < -0.4 is 4.90 Å². The van der Waals surface area contributed by atoms with E-state index >= 15 is 0 Å². The minimum Gasteiger partial charge on any atom is -0.389 e. The fraction of sp³-hybridized carbons (Fsp3) is 0.429. The summed E-state index contributed by atoms with van der Waals surface area (Å²) in [4.78, 5) is 27.6. The van der Waals surface area contributed by atoms with Crippen LogP contribution in [-0.4, -0.2) is 47.6 Å². The molecule has 1 atom stereocenters. The average Bonchev–Trinajstić information content (AvgIpc) is 2.77. The number of benzene rings is 1. The Balaban J connectivity index is 1.72. The third-order valence-corrected chi connectivity index (χ3v) is 4.46. The number of aliphatic hydroxyl groups excluding tert-OH is 1. The topological polar surface area (TPSA) is 60.9 Å². The zero-order valence-electron chi connectivity index (χ0n) is 10.8. The lowest BCUT2D eigenvalue weighted by molar-refractivity contribution is -0.145. The molecule has 0 bridgehead atoms. The number of carbonyl (C=O) groups excluding carboxylic acids is 2. The SMILES string of the molecule is O=C(C1CC(=O)N(c2ccccc2Br)C1)N1CC(O)C1. The van der Waals surface area contributed by atoms with Gasteiger partial charge < -0.3 is 14.9 Å². The summed E-state index contributed by atoms with van der Waals surface area (Å²) in [5, 5.41) is 9.25. The van der Waals surface area contributed by atoms with Crippen LogP contribution in [0.1, 0.15) is 6.42 Å². The number of nitrogens with zero attached hydrogens (tertiary/aromatic N) is 2. The molecule has 2 fully saturated rings. The summed E-state index contributed by atoms with van der Waals surface area (Å²) in [5.74, 6) is -0.364. The van der Waals surface area contributed by atoms with Crippen molar-refractivity contribution in [2.24, 2.45) is 5.92 Å². The van der Waals surface area contributed by atoms with E-state index in [1.807, 2.05) is 24.3 Å². The number of amides is 2. The van der Waals surface area contributed by atoms with E-state index in [0.29, 0.717) is 19.6 Å². The highest BCUT2D eigenvalue weighted by molar-refractivity contribution is 9.10. The molecule has 2 aliphatic heterocycles. The summed E-state index contributed by atoms with van der Waals surface area (Å²) in [6.45, 7) is 1.18. The molecule has 2 aliphatic rings. The number of rotatable bonds is 2. The highest BCUT2D eigenvalue weighted by atomic mass is 79.9. The van der Waals surface area contributed by atoms with Gasteiger partial charge in [0.05, 0.1) is 17.7 Å². The van der Waals surface area contributed by atoms with Crippen LogP contribution in [0.15, 0.2) is 28.7 Å². The highest BCUT2D eigenvalue weighted by Gasteiger charge is 2.40. The van der Waals surface area contributed by atoms with Gasteiger partial charge in [0.15, 0.2) is 0 Å². The molecule has 0 radical (unpaired) electrons. The fourth-order valence-electron chi connectivity index (χ4n) is 2.67. The number of hydrogen-bond donors (Lipinski definition) is 1. The van der Waals surface area contributed by atoms with Crippen LogP contribution in [-0.2, 0) is 9.59 Å². The number of para-hydroxylation sites is 1. The van der Waals surface area contributed by atoms with Gasteiger partial charge in [-0.15, -0.1) is 0 Å². The van der Waals surface area contributed by atoms with Gasteiger partial charge in [-0.3, -0.25) is 9.59 Å². The van der Waals surface area contributed by atoms with Crippen molar-refractivity contribution < 1.29 is 14.7 Å². The molecule has 0 aromatic heterocycles. The summed E-state index contributed by atoms with van der Waals surface area (Å²) in [6, 6.07) is 7.50. The Hall–Kier alpha value is -1.40. The second kappa shape index (κ2) is 5.18. The molecule has 1 aromatic rings. The Morgan fingerprint density at radius 3 is 2.60 bits per heavy atom. The third kappa shape index (κ3) is 2.33. The van der Waals surface area contributed by atoms with E-state index in [-0.39, 0.29) is 24.2 Å². The first-order chi connectivity index (χ1) is 9.56. The molecule has 6 heteroatoms. The maximum atomic E-state index is 12.2. The van der Waals surface area contributed by atoms with Gasteiger partial charge in [0.1, 0.15) is 0 Å². The predicted octanol–water partition coefficient (Wildman–Crippen LogP) is 1.01. The normalized spacial score (nSPS) is 23.1. The van der Waals surface area contributed by atoms with E-state index in [0.717, 1.165) is 10.2 Å². The average molecular weight is 339 g/mol. The minimum absolute atomic E-state index is 0.0294. The van der Waals surface area contributed by atoms with Crippen LogP contribution in [0.4, 0.5) is 5.69 Å². The Morgan fingerprint density at radius 1 is 1.25 bits per heavy atom. The lowest BCUT2D eigenvalue weighted by Gasteiger charge is -2.37. The van der Waals surface area contributed by atoms with Gasteiger partial charge in [-0.05, 0) is 28.1 Å². The molecule has 106 valence electrons. The van der Waals surface area contributed by atoms with E-state index in [4.69, 9.17) is 0 Å². The van der Waals surface area contributed by atoms with Gasteiger partial charge in [-0.1, -0.05) is 12.1 Å². The van der Waals surface area contributed by atoms with Crippen LogP contribution in [0.25, 0.3) is 0 Å². The van der Waals surface area contributed by atoms with Crippen LogP contribution in [0.2, 0.25) is 0 Å². The van der Waals surface area contributed by atoms with Crippen molar-refractivity contribution >= 4 is 33.4 Å². The number of anilines is 1. The quantitative estimate of drug-likeness (QED) is 0.875. The van der Waals surface area contributed by atoms with Gasteiger partial charge in [0.25, 0.3) is 0 Å². The van der Waals surface area contributed by atoms with Crippen LogP contribution in [0, 0.1) is 5.92 Å². The van der Waals surface area contributed by atoms with Gasteiger partial charge in [-0.2, -0.15) is 0 Å². The first kappa shape index (κ1) is 13.6. The molecule has 20 heavy (non-hydrogen) atoms. The second-order valence-corrected chi connectivity index (χ2v) is 6.11. The van der Waals surface area contributed by atoms with Gasteiger partial charge >= 0.3 is 0 Å². The van der Waals surface area contributed by atoms with Crippen LogP contribution in [0.5, 0.6) is 0 Å². The lowest BCUT2D eigenvalue weighted by Crippen LogP contribution is -2.55. The number of carbonyl (C=O) groups is 2. The first-order valence-corrected chi connectivity index (χ1v) is 7.37. The van der Waals surface area contributed by atoms with E-state index in [2.05, 4.69) is 15.9 Å². The van der Waals surface area contributed by atoms with Gasteiger partial charge in [0, 0.05) is 30.5 Å². The smallest absolute Gasteiger partial charge is 0.228 e. The van der Waals surface area contributed by atoms with E-state index in [1.165, 1.54) is 0 Å². The molecule has 0 spiro atoms. The number of aliphatic hydroxyl groups is 1. The Kier molecular flexibility index (Phi) is 3.52. The molecule has 5 nitrogen and oxygen atoms in total. The van der Waals surface area contributed by atoms with Crippen molar-refractivity contribution in [1.29, 1.82) is 0 Å². The highest BCUT2D eigenvalue weighted by Crippen LogP contribution is 2.32.